The van der Waals surface area contributed by atoms with Gasteiger partial charge in [0.1, 0.15) is 11.9 Å². The summed E-state index contributed by atoms with van der Waals surface area (Å²) in [5.41, 5.74) is 0.224. The van der Waals surface area contributed by atoms with E-state index in [-0.39, 0.29) is 6.10 Å². The summed E-state index contributed by atoms with van der Waals surface area (Å²) in [5, 5.41) is 9.18. The molecule has 0 bridgehead atoms. The lowest BCUT2D eigenvalue weighted by Crippen LogP contribution is -2.31. The van der Waals surface area contributed by atoms with Crippen molar-refractivity contribution >= 4 is 5.97 Å². The normalized spacial score (nSPS) is 21.1. The van der Waals surface area contributed by atoms with Gasteiger partial charge >= 0.3 is 5.97 Å². The molecule has 0 aliphatic carbocycles. The number of aliphatic carboxylic acids is 1. The summed E-state index contributed by atoms with van der Waals surface area (Å²) in [5.74, 6) is 0.0151. The molecule has 17 heavy (non-hydrogen) atoms. The molecule has 2 rings (SSSR count). The topological polar surface area (TPSA) is 46.5 Å². The number of ether oxygens (including phenoxy) is 1. The zero-order valence-corrected chi connectivity index (χ0v) is 9.85. The Morgan fingerprint density at radius 2 is 2.35 bits per heavy atom. The predicted octanol–water partition coefficient (Wildman–Crippen LogP) is 2.66. The molecule has 3 heteroatoms. The Hall–Kier alpha value is -1.77. The zero-order chi connectivity index (χ0) is 12.5. The molecule has 1 aromatic rings. The summed E-state index contributed by atoms with van der Waals surface area (Å²) in [7, 11) is 0. The van der Waals surface area contributed by atoms with Crippen LogP contribution in [0, 0.1) is 5.41 Å². The molecule has 1 aliphatic rings. The number of fused-ring (bicyclic) bond motifs is 1. The zero-order valence-electron chi connectivity index (χ0n) is 9.85. The maximum Gasteiger partial charge on any atom is 0.313 e. The number of hydrogen-bond acceptors (Lipinski definition) is 2. The lowest BCUT2D eigenvalue weighted by molar-refractivity contribution is -0.146. The predicted molar refractivity (Wildman–Crippen MR) is 65.1 cm³/mol. The lowest BCUT2D eigenvalue weighted by atomic mass is 9.84. The summed E-state index contributed by atoms with van der Waals surface area (Å²) in [6, 6.07) is 7.82. The van der Waals surface area contributed by atoms with Crippen LogP contribution in [0.4, 0.5) is 0 Å². The Morgan fingerprint density at radius 3 is 2.94 bits per heavy atom. The number of hydrogen-bond donors (Lipinski definition) is 1. The van der Waals surface area contributed by atoms with E-state index in [0.717, 1.165) is 17.7 Å². The maximum absolute atomic E-state index is 11.2. The number of rotatable bonds is 4. The molecule has 0 aromatic heterocycles. The number of benzene rings is 1. The van der Waals surface area contributed by atoms with Crippen LogP contribution in [0.5, 0.6) is 5.75 Å². The second-order valence-corrected chi connectivity index (χ2v) is 4.68. The van der Waals surface area contributed by atoms with Crippen LogP contribution < -0.4 is 4.74 Å². The molecule has 2 atom stereocenters. The standard InChI is InChI=1S/C14H16O3/c1-3-14(2,13(15)16)9-11-8-10-6-4-5-7-12(10)17-11/h3-7,11H,1,8-9H2,2H3,(H,15,16). The van der Waals surface area contributed by atoms with Crippen molar-refractivity contribution in [2.45, 2.75) is 25.9 Å². The third kappa shape index (κ3) is 2.18. The molecule has 0 fully saturated rings. The van der Waals surface area contributed by atoms with Crippen molar-refractivity contribution in [2.75, 3.05) is 0 Å². The van der Waals surface area contributed by atoms with Gasteiger partial charge < -0.3 is 9.84 Å². The van der Waals surface area contributed by atoms with E-state index in [0.29, 0.717) is 6.42 Å². The van der Waals surface area contributed by atoms with E-state index in [1.807, 2.05) is 24.3 Å². The number of para-hydroxylation sites is 1. The van der Waals surface area contributed by atoms with Gasteiger partial charge in [-0.2, -0.15) is 0 Å². The quantitative estimate of drug-likeness (QED) is 0.812. The first-order valence-corrected chi connectivity index (χ1v) is 5.67. The highest BCUT2D eigenvalue weighted by Crippen LogP contribution is 2.34. The molecule has 0 spiro atoms. The van der Waals surface area contributed by atoms with Crippen LogP contribution in [0.2, 0.25) is 0 Å². The first kappa shape index (κ1) is 11.7. The van der Waals surface area contributed by atoms with Crippen LogP contribution in [0.3, 0.4) is 0 Å². The molecule has 1 N–H and O–H groups in total. The van der Waals surface area contributed by atoms with Gasteiger partial charge in [0.05, 0.1) is 5.41 Å². The van der Waals surface area contributed by atoms with E-state index in [4.69, 9.17) is 4.74 Å². The minimum atomic E-state index is -0.924. The third-order valence-corrected chi connectivity index (χ3v) is 3.30. The molecule has 0 radical (unpaired) electrons. The molecule has 1 aromatic carbocycles. The second kappa shape index (κ2) is 4.24. The fourth-order valence-electron chi connectivity index (χ4n) is 2.10. The largest absolute Gasteiger partial charge is 0.490 e. The Bertz CT molecular complexity index is 428. The van der Waals surface area contributed by atoms with Gasteiger partial charge in [0.25, 0.3) is 0 Å². The second-order valence-electron chi connectivity index (χ2n) is 4.68. The van der Waals surface area contributed by atoms with Crippen LogP contribution in [0.15, 0.2) is 36.9 Å². The Morgan fingerprint density at radius 1 is 1.65 bits per heavy atom. The summed E-state index contributed by atoms with van der Waals surface area (Å²) in [6.45, 7) is 5.28. The van der Waals surface area contributed by atoms with Crippen molar-refractivity contribution in [1.29, 1.82) is 0 Å². The number of carbonyl (C=O) groups is 1. The Balaban J connectivity index is 2.09. The van der Waals surface area contributed by atoms with Crippen LogP contribution >= 0.6 is 0 Å². The van der Waals surface area contributed by atoms with Gasteiger partial charge in [-0.1, -0.05) is 24.3 Å². The smallest absolute Gasteiger partial charge is 0.313 e. The molecule has 0 saturated heterocycles. The molecule has 90 valence electrons. The fraction of sp³-hybridized carbons (Fsp3) is 0.357. The van der Waals surface area contributed by atoms with E-state index in [2.05, 4.69) is 6.58 Å². The molecule has 2 unspecified atom stereocenters. The van der Waals surface area contributed by atoms with Crippen molar-refractivity contribution < 1.29 is 14.6 Å². The summed E-state index contributed by atoms with van der Waals surface area (Å²) in [4.78, 5) is 11.2. The van der Waals surface area contributed by atoms with E-state index in [9.17, 15) is 9.90 Å². The van der Waals surface area contributed by atoms with Gasteiger partial charge in [0, 0.05) is 12.8 Å². The minimum absolute atomic E-state index is 0.0773. The minimum Gasteiger partial charge on any atom is -0.490 e. The molecule has 1 heterocycles. The number of carboxylic acids is 1. The van der Waals surface area contributed by atoms with Crippen molar-refractivity contribution in [3.63, 3.8) is 0 Å². The van der Waals surface area contributed by atoms with Crippen molar-refractivity contribution in [3.8, 4) is 5.75 Å². The molecule has 0 saturated carbocycles. The summed E-state index contributed by atoms with van der Waals surface area (Å²) >= 11 is 0. The average Bonchev–Trinajstić information content (AvgIpc) is 2.70. The first-order valence-electron chi connectivity index (χ1n) is 5.67. The van der Waals surface area contributed by atoms with E-state index >= 15 is 0 Å². The van der Waals surface area contributed by atoms with Gasteiger partial charge in [-0.05, 0) is 18.6 Å². The third-order valence-electron chi connectivity index (χ3n) is 3.30. The van der Waals surface area contributed by atoms with E-state index < -0.39 is 11.4 Å². The Labute approximate surface area is 101 Å². The maximum atomic E-state index is 11.2. The van der Waals surface area contributed by atoms with E-state index in [1.54, 1.807) is 6.92 Å². The van der Waals surface area contributed by atoms with Crippen LogP contribution in [-0.4, -0.2) is 17.2 Å². The average molecular weight is 232 g/mol. The van der Waals surface area contributed by atoms with Crippen molar-refractivity contribution in [1.82, 2.24) is 0 Å². The molecule has 0 amide bonds. The van der Waals surface area contributed by atoms with Gasteiger partial charge in [-0.3, -0.25) is 4.79 Å². The molecule has 3 nitrogen and oxygen atoms in total. The van der Waals surface area contributed by atoms with Crippen LogP contribution in [0.1, 0.15) is 18.9 Å². The van der Waals surface area contributed by atoms with E-state index in [1.165, 1.54) is 6.08 Å². The molecule has 1 aliphatic heterocycles. The summed E-state index contributed by atoms with van der Waals surface area (Å²) < 4.78 is 5.74. The first-order chi connectivity index (χ1) is 8.05. The monoisotopic (exact) mass is 232 g/mol. The highest BCUT2D eigenvalue weighted by Gasteiger charge is 2.36. The highest BCUT2D eigenvalue weighted by molar-refractivity contribution is 5.76. The highest BCUT2D eigenvalue weighted by atomic mass is 16.5. The SMILES string of the molecule is C=CC(C)(CC1Cc2ccccc2O1)C(=O)O. The van der Waals surface area contributed by atoms with Crippen LogP contribution in [-0.2, 0) is 11.2 Å². The molecular weight excluding hydrogens is 216 g/mol. The fourth-order valence-corrected chi connectivity index (χ4v) is 2.10. The van der Waals surface area contributed by atoms with Gasteiger partial charge in [0.2, 0.25) is 0 Å². The van der Waals surface area contributed by atoms with Crippen molar-refractivity contribution in [3.05, 3.63) is 42.5 Å². The Kier molecular flexibility index (Phi) is 2.92. The van der Waals surface area contributed by atoms with Crippen molar-refractivity contribution in [2.24, 2.45) is 5.41 Å². The van der Waals surface area contributed by atoms with Crippen LogP contribution in [0.25, 0.3) is 0 Å². The van der Waals surface area contributed by atoms with Gasteiger partial charge in [-0.25, -0.2) is 0 Å². The van der Waals surface area contributed by atoms with Gasteiger partial charge in [0.15, 0.2) is 0 Å². The molecular formula is C14H16O3. The number of carboxylic acid groups (broad SMARTS) is 1. The lowest BCUT2D eigenvalue weighted by Gasteiger charge is -2.23. The summed E-state index contributed by atoms with van der Waals surface area (Å²) in [6.07, 6.45) is 2.63. The van der Waals surface area contributed by atoms with Gasteiger partial charge in [-0.15, -0.1) is 6.58 Å².